The Labute approximate surface area is 67.0 Å². The van der Waals surface area contributed by atoms with Gasteiger partial charge in [-0.3, -0.25) is 10.6 Å². The molecule has 0 bridgehead atoms. The van der Waals surface area contributed by atoms with E-state index in [0.717, 1.165) is 12.4 Å². The molecule has 1 aliphatic rings. The SMILES string of the molecule is C=C1OC(C)NC1NCNC. The maximum Gasteiger partial charge on any atom is 0.148 e. The monoisotopic (exact) mass is 157 g/mol. The van der Waals surface area contributed by atoms with Crippen LogP contribution in [-0.4, -0.2) is 26.1 Å². The van der Waals surface area contributed by atoms with E-state index < -0.39 is 0 Å². The largest absolute Gasteiger partial charge is 0.477 e. The summed E-state index contributed by atoms with van der Waals surface area (Å²) in [6, 6.07) is 0. The van der Waals surface area contributed by atoms with Gasteiger partial charge in [-0.15, -0.1) is 0 Å². The lowest BCUT2D eigenvalue weighted by atomic mass is 10.4. The number of nitrogens with one attached hydrogen (secondary N) is 3. The summed E-state index contributed by atoms with van der Waals surface area (Å²) in [5, 5.41) is 9.31. The molecule has 3 N–H and O–H groups in total. The molecule has 0 spiro atoms. The van der Waals surface area contributed by atoms with E-state index in [1.807, 2.05) is 14.0 Å². The second kappa shape index (κ2) is 3.71. The molecule has 0 amide bonds. The first-order valence-electron chi connectivity index (χ1n) is 3.73. The zero-order valence-corrected chi connectivity index (χ0v) is 6.98. The van der Waals surface area contributed by atoms with Gasteiger partial charge >= 0.3 is 0 Å². The Balaban J connectivity index is 2.29. The fraction of sp³-hybridized carbons (Fsp3) is 0.714. The summed E-state index contributed by atoms with van der Waals surface area (Å²) in [5.41, 5.74) is 0. The highest BCUT2D eigenvalue weighted by Gasteiger charge is 2.24. The van der Waals surface area contributed by atoms with Gasteiger partial charge in [0, 0.05) is 6.67 Å². The Hall–Kier alpha value is -0.580. The molecule has 1 saturated heterocycles. The number of hydrogen-bond acceptors (Lipinski definition) is 4. The Morgan fingerprint density at radius 1 is 1.73 bits per heavy atom. The molecule has 0 aliphatic carbocycles. The van der Waals surface area contributed by atoms with Crippen molar-refractivity contribution in [3.8, 4) is 0 Å². The van der Waals surface area contributed by atoms with E-state index in [2.05, 4.69) is 22.5 Å². The van der Waals surface area contributed by atoms with Crippen molar-refractivity contribution in [3.63, 3.8) is 0 Å². The normalized spacial score (nSPS) is 30.5. The van der Waals surface area contributed by atoms with E-state index in [1.165, 1.54) is 0 Å². The van der Waals surface area contributed by atoms with Crippen molar-refractivity contribution in [1.29, 1.82) is 0 Å². The van der Waals surface area contributed by atoms with E-state index in [1.54, 1.807) is 0 Å². The van der Waals surface area contributed by atoms with Crippen molar-refractivity contribution >= 4 is 0 Å². The van der Waals surface area contributed by atoms with Gasteiger partial charge in [-0.25, -0.2) is 0 Å². The van der Waals surface area contributed by atoms with Gasteiger partial charge in [0.15, 0.2) is 0 Å². The molecule has 0 saturated carbocycles. The van der Waals surface area contributed by atoms with Gasteiger partial charge in [0.2, 0.25) is 0 Å². The molecular weight excluding hydrogens is 142 g/mol. The van der Waals surface area contributed by atoms with Gasteiger partial charge in [-0.2, -0.15) is 0 Å². The third kappa shape index (κ3) is 2.18. The van der Waals surface area contributed by atoms with Gasteiger partial charge in [0.1, 0.15) is 18.2 Å². The first-order chi connectivity index (χ1) is 5.24. The molecule has 1 heterocycles. The fourth-order valence-corrected chi connectivity index (χ4v) is 1.03. The summed E-state index contributed by atoms with van der Waals surface area (Å²) < 4.78 is 5.27. The summed E-state index contributed by atoms with van der Waals surface area (Å²) in [5.74, 6) is 0.757. The minimum Gasteiger partial charge on any atom is -0.477 e. The van der Waals surface area contributed by atoms with Crippen molar-refractivity contribution in [1.82, 2.24) is 16.0 Å². The Kier molecular flexibility index (Phi) is 2.87. The zero-order valence-electron chi connectivity index (χ0n) is 6.98. The smallest absolute Gasteiger partial charge is 0.148 e. The van der Waals surface area contributed by atoms with Gasteiger partial charge in [0.05, 0.1) is 0 Å². The fourth-order valence-electron chi connectivity index (χ4n) is 1.03. The first-order valence-corrected chi connectivity index (χ1v) is 3.73. The average molecular weight is 157 g/mol. The van der Waals surface area contributed by atoms with E-state index in [0.29, 0.717) is 0 Å². The topological polar surface area (TPSA) is 45.3 Å². The molecule has 4 heteroatoms. The van der Waals surface area contributed by atoms with Crippen LogP contribution in [0.1, 0.15) is 6.92 Å². The minimum atomic E-state index is 0.0665. The van der Waals surface area contributed by atoms with Crippen molar-refractivity contribution in [2.75, 3.05) is 13.7 Å². The predicted molar refractivity (Wildman–Crippen MR) is 43.7 cm³/mol. The zero-order chi connectivity index (χ0) is 8.27. The maximum absolute atomic E-state index is 5.27. The summed E-state index contributed by atoms with van der Waals surface area (Å²) in [6.07, 6.45) is 0.148. The molecular formula is C7H15N3O. The lowest BCUT2D eigenvalue weighted by Gasteiger charge is -2.10. The Morgan fingerprint density at radius 3 is 2.91 bits per heavy atom. The van der Waals surface area contributed by atoms with Crippen LogP contribution in [0.25, 0.3) is 0 Å². The lowest BCUT2D eigenvalue weighted by Crippen LogP contribution is -2.43. The van der Waals surface area contributed by atoms with Crippen LogP contribution in [0.15, 0.2) is 12.3 Å². The quantitative estimate of drug-likeness (QED) is 0.486. The summed E-state index contributed by atoms with van der Waals surface area (Å²) >= 11 is 0. The first kappa shape index (κ1) is 8.52. The average Bonchev–Trinajstić information content (AvgIpc) is 2.26. The second-order valence-electron chi connectivity index (χ2n) is 2.56. The van der Waals surface area contributed by atoms with Crippen molar-refractivity contribution < 1.29 is 4.74 Å². The molecule has 0 aromatic heterocycles. The van der Waals surface area contributed by atoms with Crippen LogP contribution in [-0.2, 0) is 4.74 Å². The molecule has 1 rings (SSSR count). The Morgan fingerprint density at radius 2 is 2.45 bits per heavy atom. The van der Waals surface area contributed by atoms with Crippen LogP contribution in [0, 0.1) is 0 Å². The highest BCUT2D eigenvalue weighted by molar-refractivity contribution is 5.00. The molecule has 0 aromatic rings. The van der Waals surface area contributed by atoms with E-state index in [4.69, 9.17) is 4.74 Å². The van der Waals surface area contributed by atoms with Crippen LogP contribution in [0.5, 0.6) is 0 Å². The van der Waals surface area contributed by atoms with E-state index in [9.17, 15) is 0 Å². The van der Waals surface area contributed by atoms with E-state index in [-0.39, 0.29) is 12.4 Å². The molecule has 0 radical (unpaired) electrons. The third-order valence-corrected chi connectivity index (χ3v) is 1.53. The second-order valence-corrected chi connectivity index (χ2v) is 2.56. The summed E-state index contributed by atoms with van der Waals surface area (Å²) in [7, 11) is 1.88. The molecule has 64 valence electrons. The molecule has 4 nitrogen and oxygen atoms in total. The summed E-state index contributed by atoms with van der Waals surface area (Å²) in [4.78, 5) is 0. The number of ether oxygens (including phenoxy) is 1. The van der Waals surface area contributed by atoms with Crippen LogP contribution in [0.4, 0.5) is 0 Å². The van der Waals surface area contributed by atoms with Crippen molar-refractivity contribution in [2.24, 2.45) is 0 Å². The van der Waals surface area contributed by atoms with E-state index >= 15 is 0 Å². The third-order valence-electron chi connectivity index (χ3n) is 1.53. The Bertz CT molecular complexity index is 149. The molecule has 0 aromatic carbocycles. The molecule has 2 unspecified atom stereocenters. The minimum absolute atomic E-state index is 0.0665. The highest BCUT2D eigenvalue weighted by atomic mass is 16.5. The summed E-state index contributed by atoms with van der Waals surface area (Å²) in [6.45, 7) is 6.46. The predicted octanol–water partition coefficient (Wildman–Crippen LogP) is -0.441. The van der Waals surface area contributed by atoms with Crippen molar-refractivity contribution in [3.05, 3.63) is 12.3 Å². The van der Waals surface area contributed by atoms with Crippen LogP contribution in [0.2, 0.25) is 0 Å². The van der Waals surface area contributed by atoms with Crippen LogP contribution in [0.3, 0.4) is 0 Å². The molecule has 1 aliphatic heterocycles. The van der Waals surface area contributed by atoms with Gasteiger partial charge in [-0.1, -0.05) is 6.58 Å². The van der Waals surface area contributed by atoms with Gasteiger partial charge < -0.3 is 10.1 Å². The molecule has 2 atom stereocenters. The van der Waals surface area contributed by atoms with Crippen LogP contribution >= 0.6 is 0 Å². The highest BCUT2D eigenvalue weighted by Crippen LogP contribution is 2.10. The molecule has 1 fully saturated rings. The standard InChI is InChI=1S/C7H15N3O/c1-5-7(9-4-8-3)10-6(2)11-5/h6-10H,1,4H2,2-3H3. The number of hydrogen-bond donors (Lipinski definition) is 3. The van der Waals surface area contributed by atoms with Crippen LogP contribution < -0.4 is 16.0 Å². The van der Waals surface area contributed by atoms with Gasteiger partial charge in [-0.05, 0) is 14.0 Å². The number of rotatable bonds is 3. The maximum atomic E-state index is 5.27. The van der Waals surface area contributed by atoms with Crippen molar-refractivity contribution in [2.45, 2.75) is 19.3 Å². The molecule has 11 heavy (non-hydrogen) atoms. The van der Waals surface area contributed by atoms with Gasteiger partial charge in [0.25, 0.3) is 0 Å². The lowest BCUT2D eigenvalue weighted by molar-refractivity contribution is 0.164.